The van der Waals surface area contributed by atoms with Gasteiger partial charge in [-0.25, -0.2) is 22.4 Å². The lowest BCUT2D eigenvalue weighted by Crippen LogP contribution is -2.04. The standard InChI is InChI=1S/C18H9F4NO2/c19-13-5-1-3-9(16(13)21)12-8-23-15(7-11(12)18(24)25)10-4-2-6-14(20)17(10)22/h1-8H,(H,24,25). The van der Waals surface area contributed by atoms with Gasteiger partial charge < -0.3 is 5.11 Å². The van der Waals surface area contributed by atoms with Crippen LogP contribution in [-0.2, 0) is 0 Å². The summed E-state index contributed by atoms with van der Waals surface area (Å²) in [5, 5.41) is 9.37. The highest BCUT2D eigenvalue weighted by Gasteiger charge is 2.20. The van der Waals surface area contributed by atoms with E-state index in [0.29, 0.717) is 0 Å². The Balaban J connectivity index is 2.22. The SMILES string of the molecule is O=C(O)c1cc(-c2cccc(F)c2F)ncc1-c1cccc(F)c1F. The van der Waals surface area contributed by atoms with Crippen LogP contribution in [0.15, 0.2) is 48.7 Å². The third kappa shape index (κ3) is 2.96. The van der Waals surface area contributed by atoms with Gasteiger partial charge in [-0.3, -0.25) is 4.98 Å². The van der Waals surface area contributed by atoms with E-state index in [9.17, 15) is 27.5 Å². The van der Waals surface area contributed by atoms with E-state index in [1.165, 1.54) is 24.3 Å². The van der Waals surface area contributed by atoms with Crippen LogP contribution >= 0.6 is 0 Å². The van der Waals surface area contributed by atoms with Crippen molar-refractivity contribution in [1.29, 1.82) is 0 Å². The van der Waals surface area contributed by atoms with Gasteiger partial charge in [-0.15, -0.1) is 0 Å². The summed E-state index contributed by atoms with van der Waals surface area (Å²) >= 11 is 0. The van der Waals surface area contributed by atoms with Crippen molar-refractivity contribution in [2.45, 2.75) is 0 Å². The van der Waals surface area contributed by atoms with Gasteiger partial charge in [0.1, 0.15) is 0 Å². The molecule has 0 aliphatic carbocycles. The summed E-state index contributed by atoms with van der Waals surface area (Å²) in [4.78, 5) is 15.4. The van der Waals surface area contributed by atoms with Gasteiger partial charge in [-0.05, 0) is 24.3 Å². The van der Waals surface area contributed by atoms with Crippen LogP contribution in [0.4, 0.5) is 17.6 Å². The molecule has 3 rings (SSSR count). The summed E-state index contributed by atoms with van der Waals surface area (Å²) in [6.07, 6.45) is 0.987. The number of benzene rings is 2. The first-order chi connectivity index (χ1) is 11.9. The van der Waals surface area contributed by atoms with Gasteiger partial charge in [-0.2, -0.15) is 0 Å². The number of rotatable bonds is 3. The van der Waals surface area contributed by atoms with Crippen LogP contribution in [0.25, 0.3) is 22.4 Å². The molecule has 126 valence electrons. The monoisotopic (exact) mass is 347 g/mol. The Hall–Kier alpha value is -3.22. The van der Waals surface area contributed by atoms with E-state index in [1.807, 2.05) is 0 Å². The topological polar surface area (TPSA) is 50.2 Å². The normalized spacial score (nSPS) is 10.7. The molecule has 25 heavy (non-hydrogen) atoms. The molecule has 0 unspecified atom stereocenters. The van der Waals surface area contributed by atoms with Crippen molar-refractivity contribution in [3.63, 3.8) is 0 Å². The van der Waals surface area contributed by atoms with E-state index in [4.69, 9.17) is 0 Å². The zero-order valence-electron chi connectivity index (χ0n) is 12.4. The number of hydrogen-bond acceptors (Lipinski definition) is 2. The number of carboxylic acid groups (broad SMARTS) is 1. The fourth-order valence-corrected chi connectivity index (χ4v) is 2.41. The van der Waals surface area contributed by atoms with E-state index in [2.05, 4.69) is 4.98 Å². The molecule has 0 aliphatic rings. The van der Waals surface area contributed by atoms with Crippen LogP contribution in [0.1, 0.15) is 10.4 Å². The van der Waals surface area contributed by atoms with E-state index >= 15 is 0 Å². The third-order valence-electron chi connectivity index (χ3n) is 3.60. The molecule has 3 nitrogen and oxygen atoms in total. The predicted molar refractivity (Wildman–Crippen MR) is 81.9 cm³/mol. The van der Waals surface area contributed by atoms with Crippen molar-refractivity contribution in [2.75, 3.05) is 0 Å². The summed E-state index contributed by atoms with van der Waals surface area (Å²) in [6, 6.07) is 7.69. The first kappa shape index (κ1) is 16.6. The second-order valence-electron chi connectivity index (χ2n) is 5.12. The van der Waals surface area contributed by atoms with Crippen LogP contribution in [0, 0.1) is 23.3 Å². The third-order valence-corrected chi connectivity index (χ3v) is 3.60. The Morgan fingerprint density at radius 3 is 2.00 bits per heavy atom. The Labute approximate surface area is 139 Å². The van der Waals surface area contributed by atoms with Crippen LogP contribution in [-0.4, -0.2) is 16.1 Å². The average molecular weight is 347 g/mol. The van der Waals surface area contributed by atoms with Crippen LogP contribution in [0.5, 0.6) is 0 Å². The van der Waals surface area contributed by atoms with Crippen molar-refractivity contribution in [3.05, 3.63) is 77.5 Å². The van der Waals surface area contributed by atoms with Gasteiger partial charge in [0.25, 0.3) is 0 Å². The van der Waals surface area contributed by atoms with Crippen molar-refractivity contribution in [3.8, 4) is 22.4 Å². The minimum absolute atomic E-state index is 0.144. The molecule has 1 aromatic heterocycles. The van der Waals surface area contributed by atoms with Gasteiger partial charge in [0.2, 0.25) is 0 Å². The smallest absolute Gasteiger partial charge is 0.336 e. The highest BCUT2D eigenvalue weighted by atomic mass is 19.2. The minimum Gasteiger partial charge on any atom is -0.478 e. The number of aromatic carboxylic acids is 1. The highest BCUT2D eigenvalue weighted by molar-refractivity contribution is 5.97. The molecule has 0 spiro atoms. The molecule has 1 N–H and O–H groups in total. The minimum atomic E-state index is -1.45. The Bertz CT molecular complexity index is 989. The summed E-state index contributed by atoms with van der Waals surface area (Å²) < 4.78 is 54.6. The van der Waals surface area contributed by atoms with Gasteiger partial charge in [-0.1, -0.05) is 18.2 Å². The molecule has 0 fully saturated rings. The Morgan fingerprint density at radius 2 is 1.40 bits per heavy atom. The number of nitrogens with zero attached hydrogens (tertiary/aromatic N) is 1. The van der Waals surface area contributed by atoms with Crippen molar-refractivity contribution < 1.29 is 27.5 Å². The van der Waals surface area contributed by atoms with E-state index in [-0.39, 0.29) is 22.4 Å². The first-order valence-electron chi connectivity index (χ1n) is 7.02. The highest BCUT2D eigenvalue weighted by Crippen LogP contribution is 2.31. The molecular formula is C18H9F4NO2. The summed E-state index contributed by atoms with van der Waals surface area (Å²) in [7, 11) is 0. The lowest BCUT2D eigenvalue weighted by atomic mass is 9.99. The van der Waals surface area contributed by atoms with Crippen LogP contribution in [0.2, 0.25) is 0 Å². The number of carboxylic acids is 1. The van der Waals surface area contributed by atoms with Gasteiger partial charge >= 0.3 is 5.97 Å². The molecule has 3 aromatic rings. The maximum atomic E-state index is 14.0. The number of aromatic nitrogens is 1. The lowest BCUT2D eigenvalue weighted by molar-refractivity contribution is 0.0697. The van der Waals surface area contributed by atoms with Crippen molar-refractivity contribution in [1.82, 2.24) is 4.98 Å². The number of carbonyl (C=O) groups is 1. The summed E-state index contributed by atoms with van der Waals surface area (Å²) in [6.45, 7) is 0. The van der Waals surface area contributed by atoms with Gasteiger partial charge in [0.05, 0.1) is 11.3 Å². The van der Waals surface area contributed by atoms with Gasteiger partial charge in [0.15, 0.2) is 23.3 Å². The molecule has 2 aromatic carbocycles. The van der Waals surface area contributed by atoms with E-state index in [0.717, 1.165) is 24.4 Å². The second kappa shape index (κ2) is 6.35. The summed E-state index contributed by atoms with van der Waals surface area (Å²) in [5.41, 5.74) is -1.27. The largest absolute Gasteiger partial charge is 0.478 e. The Morgan fingerprint density at radius 1 is 0.840 bits per heavy atom. The molecule has 0 bridgehead atoms. The molecule has 0 saturated heterocycles. The maximum absolute atomic E-state index is 14.0. The molecule has 1 heterocycles. The molecule has 0 atom stereocenters. The fourth-order valence-electron chi connectivity index (χ4n) is 2.41. The van der Waals surface area contributed by atoms with Crippen LogP contribution in [0.3, 0.4) is 0 Å². The molecule has 0 saturated carbocycles. The number of pyridine rings is 1. The fraction of sp³-hybridized carbons (Fsp3) is 0. The molecule has 0 amide bonds. The maximum Gasteiger partial charge on any atom is 0.336 e. The zero-order valence-corrected chi connectivity index (χ0v) is 12.4. The lowest BCUT2D eigenvalue weighted by Gasteiger charge is -2.10. The molecule has 0 radical (unpaired) electrons. The summed E-state index contributed by atoms with van der Waals surface area (Å²) in [5.74, 6) is -6.11. The van der Waals surface area contributed by atoms with E-state index < -0.39 is 34.8 Å². The van der Waals surface area contributed by atoms with Gasteiger partial charge in [0, 0.05) is 22.9 Å². The average Bonchev–Trinajstić information content (AvgIpc) is 2.59. The van der Waals surface area contributed by atoms with E-state index in [1.54, 1.807) is 0 Å². The van der Waals surface area contributed by atoms with Crippen LogP contribution < -0.4 is 0 Å². The molecular weight excluding hydrogens is 338 g/mol. The number of hydrogen-bond donors (Lipinski definition) is 1. The quantitative estimate of drug-likeness (QED) is 0.701. The Kier molecular flexibility index (Phi) is 4.22. The number of halogens is 4. The predicted octanol–water partition coefficient (Wildman–Crippen LogP) is 4.67. The first-order valence-corrected chi connectivity index (χ1v) is 7.02. The second-order valence-corrected chi connectivity index (χ2v) is 5.12. The molecule has 0 aliphatic heterocycles. The van der Waals surface area contributed by atoms with Crippen molar-refractivity contribution >= 4 is 5.97 Å². The molecule has 7 heteroatoms. The van der Waals surface area contributed by atoms with Crippen molar-refractivity contribution in [2.24, 2.45) is 0 Å². The zero-order chi connectivity index (χ0) is 18.1.